The molecule has 1 fully saturated rings. The lowest BCUT2D eigenvalue weighted by Crippen LogP contribution is -2.18. The zero-order chi connectivity index (χ0) is 13.8. The van der Waals surface area contributed by atoms with Gasteiger partial charge in [-0.15, -0.1) is 0 Å². The van der Waals surface area contributed by atoms with E-state index in [4.69, 9.17) is 4.74 Å². The van der Waals surface area contributed by atoms with Gasteiger partial charge in [0.2, 0.25) is 0 Å². The predicted octanol–water partition coefficient (Wildman–Crippen LogP) is 1.66. The summed E-state index contributed by atoms with van der Waals surface area (Å²) in [6.45, 7) is 0.349. The Morgan fingerprint density at radius 1 is 1.20 bits per heavy atom. The lowest BCUT2D eigenvalue weighted by molar-refractivity contribution is 0.177. The molecule has 1 aromatic carbocycles. The number of hydrogen-bond donors (Lipinski definition) is 1. The molecular weight excluding hydrogens is 254 g/mol. The Morgan fingerprint density at radius 3 is 2.75 bits per heavy atom. The van der Waals surface area contributed by atoms with Crippen LogP contribution < -0.4 is 5.32 Å². The van der Waals surface area contributed by atoms with Crippen LogP contribution in [-0.2, 0) is 4.74 Å². The topological polar surface area (TPSA) is 64.1 Å². The van der Waals surface area contributed by atoms with Crippen molar-refractivity contribution < 1.29 is 9.53 Å². The zero-order valence-electron chi connectivity index (χ0n) is 10.5. The van der Waals surface area contributed by atoms with Crippen LogP contribution in [0, 0.1) is 11.8 Å². The molecule has 1 amide bonds. The molecule has 2 aromatic rings. The molecule has 1 aromatic heterocycles. The van der Waals surface area contributed by atoms with E-state index in [2.05, 4.69) is 27.1 Å². The Hall–Kier alpha value is -2.87. The van der Waals surface area contributed by atoms with E-state index in [0.717, 1.165) is 16.7 Å². The zero-order valence-corrected chi connectivity index (χ0v) is 10.5. The fourth-order valence-electron chi connectivity index (χ4n) is 1.91. The van der Waals surface area contributed by atoms with Gasteiger partial charge in [-0.3, -0.25) is 0 Å². The first-order valence-corrected chi connectivity index (χ1v) is 6.11. The fourth-order valence-corrected chi connectivity index (χ4v) is 1.91. The summed E-state index contributed by atoms with van der Waals surface area (Å²) in [4.78, 5) is 18.9. The third-order valence-electron chi connectivity index (χ3n) is 2.87. The van der Waals surface area contributed by atoms with Crippen molar-refractivity contribution in [1.82, 2.24) is 15.3 Å². The summed E-state index contributed by atoms with van der Waals surface area (Å²) in [5.74, 6) is 6.05. The molecule has 0 spiro atoms. The van der Waals surface area contributed by atoms with Crippen LogP contribution >= 0.6 is 0 Å². The molecule has 1 atom stereocenters. The molecular formula is C15H11N3O2. The molecule has 5 heteroatoms. The second-order valence-electron chi connectivity index (χ2n) is 4.30. The van der Waals surface area contributed by atoms with Gasteiger partial charge in [-0.1, -0.05) is 24.0 Å². The summed E-state index contributed by atoms with van der Waals surface area (Å²) < 4.78 is 4.89. The summed E-state index contributed by atoms with van der Waals surface area (Å²) in [5, 5.41) is 2.74. The largest absolute Gasteiger partial charge is 0.447 e. The normalized spacial score (nSPS) is 16.8. The molecule has 0 bridgehead atoms. The molecule has 1 N–H and O–H groups in total. The number of carbonyl (C=O) groups is 1. The van der Waals surface area contributed by atoms with Crippen LogP contribution in [0.1, 0.15) is 22.7 Å². The van der Waals surface area contributed by atoms with E-state index in [1.165, 1.54) is 6.33 Å². The van der Waals surface area contributed by atoms with Crippen LogP contribution in [0.4, 0.5) is 4.79 Å². The van der Waals surface area contributed by atoms with Crippen molar-refractivity contribution in [3.05, 3.63) is 59.7 Å². The first-order chi connectivity index (χ1) is 9.81. The first-order valence-electron chi connectivity index (χ1n) is 6.11. The highest BCUT2D eigenvalue weighted by atomic mass is 16.6. The molecule has 1 aliphatic rings. The van der Waals surface area contributed by atoms with Crippen LogP contribution in [0.5, 0.6) is 0 Å². The molecule has 0 saturated carbocycles. The van der Waals surface area contributed by atoms with Gasteiger partial charge in [0.25, 0.3) is 0 Å². The Bertz CT molecular complexity index is 689. The van der Waals surface area contributed by atoms with E-state index in [1.807, 2.05) is 24.3 Å². The number of nitrogens with zero attached hydrogens (tertiary/aromatic N) is 2. The highest BCUT2D eigenvalue weighted by molar-refractivity contribution is 5.70. The van der Waals surface area contributed by atoms with Crippen LogP contribution in [0.25, 0.3) is 0 Å². The SMILES string of the molecule is O=C1N[C@H](c2cccc(C#Cc3cncnc3)c2)CO1. The minimum absolute atomic E-state index is 0.107. The lowest BCUT2D eigenvalue weighted by Gasteiger charge is -2.07. The summed E-state index contributed by atoms with van der Waals surface area (Å²) in [7, 11) is 0. The maximum atomic E-state index is 11.0. The number of amides is 1. The van der Waals surface area contributed by atoms with Gasteiger partial charge in [-0.25, -0.2) is 14.8 Å². The highest BCUT2D eigenvalue weighted by Gasteiger charge is 2.23. The Balaban J connectivity index is 1.82. The van der Waals surface area contributed by atoms with E-state index in [-0.39, 0.29) is 12.1 Å². The number of rotatable bonds is 1. The van der Waals surface area contributed by atoms with Crippen molar-refractivity contribution >= 4 is 6.09 Å². The number of nitrogens with one attached hydrogen (secondary N) is 1. The second-order valence-corrected chi connectivity index (χ2v) is 4.30. The average molecular weight is 265 g/mol. The van der Waals surface area contributed by atoms with E-state index < -0.39 is 0 Å². The molecule has 0 aliphatic carbocycles. The molecule has 3 rings (SSSR count). The van der Waals surface area contributed by atoms with Crippen molar-refractivity contribution in [2.75, 3.05) is 6.61 Å². The van der Waals surface area contributed by atoms with Crippen LogP contribution in [-0.4, -0.2) is 22.7 Å². The monoisotopic (exact) mass is 265 g/mol. The first kappa shape index (κ1) is 12.2. The van der Waals surface area contributed by atoms with Gasteiger partial charge in [0.1, 0.15) is 12.9 Å². The lowest BCUT2D eigenvalue weighted by atomic mass is 10.1. The van der Waals surface area contributed by atoms with Crippen molar-refractivity contribution in [3.63, 3.8) is 0 Å². The molecule has 1 aliphatic heterocycles. The Morgan fingerprint density at radius 2 is 2.00 bits per heavy atom. The number of carbonyl (C=O) groups excluding carboxylic acids is 1. The van der Waals surface area contributed by atoms with E-state index in [0.29, 0.717) is 6.61 Å². The molecule has 1 saturated heterocycles. The minimum Gasteiger partial charge on any atom is -0.447 e. The number of ether oxygens (including phenoxy) is 1. The summed E-state index contributed by atoms with van der Waals surface area (Å²) in [5.41, 5.74) is 2.61. The van der Waals surface area contributed by atoms with Crippen LogP contribution in [0.2, 0.25) is 0 Å². The third-order valence-corrected chi connectivity index (χ3v) is 2.87. The smallest absolute Gasteiger partial charge is 0.407 e. The van der Waals surface area contributed by atoms with Crippen molar-refractivity contribution in [2.24, 2.45) is 0 Å². The second kappa shape index (κ2) is 5.41. The summed E-state index contributed by atoms with van der Waals surface area (Å²) in [6.07, 6.45) is 4.41. The number of cyclic esters (lactones) is 1. The van der Waals surface area contributed by atoms with Gasteiger partial charge in [0, 0.05) is 18.0 Å². The standard InChI is InChI=1S/C15H11N3O2/c19-15-18-14(9-20-15)13-3-1-2-11(6-13)4-5-12-7-16-10-17-8-12/h1-3,6-8,10,14H,9H2,(H,18,19)/t14-/m0/s1. The molecule has 0 unspecified atom stereocenters. The fraction of sp³-hybridized carbons (Fsp3) is 0.133. The van der Waals surface area contributed by atoms with Gasteiger partial charge in [0.15, 0.2) is 0 Å². The maximum Gasteiger partial charge on any atom is 0.407 e. The number of alkyl carbamates (subject to hydrolysis) is 1. The molecule has 98 valence electrons. The van der Waals surface area contributed by atoms with E-state index in [1.54, 1.807) is 12.4 Å². The molecule has 20 heavy (non-hydrogen) atoms. The van der Waals surface area contributed by atoms with Crippen LogP contribution in [0.3, 0.4) is 0 Å². The third kappa shape index (κ3) is 2.75. The highest BCUT2D eigenvalue weighted by Crippen LogP contribution is 2.18. The molecule has 0 radical (unpaired) electrons. The van der Waals surface area contributed by atoms with Gasteiger partial charge in [-0.2, -0.15) is 0 Å². The van der Waals surface area contributed by atoms with E-state index >= 15 is 0 Å². The number of benzene rings is 1. The van der Waals surface area contributed by atoms with Gasteiger partial charge < -0.3 is 10.1 Å². The quantitative estimate of drug-likeness (QED) is 0.796. The van der Waals surface area contributed by atoms with Gasteiger partial charge in [-0.05, 0) is 17.7 Å². The van der Waals surface area contributed by atoms with E-state index in [9.17, 15) is 4.79 Å². The minimum atomic E-state index is -0.382. The molecule has 5 nitrogen and oxygen atoms in total. The summed E-state index contributed by atoms with van der Waals surface area (Å²) in [6, 6.07) is 7.60. The van der Waals surface area contributed by atoms with Gasteiger partial charge in [0.05, 0.1) is 11.6 Å². The average Bonchev–Trinajstić information content (AvgIpc) is 2.93. The number of hydrogen-bond acceptors (Lipinski definition) is 4. The van der Waals surface area contributed by atoms with Crippen molar-refractivity contribution in [1.29, 1.82) is 0 Å². The maximum absolute atomic E-state index is 11.0. The summed E-state index contributed by atoms with van der Waals surface area (Å²) >= 11 is 0. The Kier molecular flexibility index (Phi) is 3.29. The Labute approximate surface area is 116 Å². The van der Waals surface area contributed by atoms with Crippen molar-refractivity contribution in [3.8, 4) is 11.8 Å². The van der Waals surface area contributed by atoms with Crippen molar-refractivity contribution in [2.45, 2.75) is 6.04 Å². The van der Waals surface area contributed by atoms with Gasteiger partial charge >= 0.3 is 6.09 Å². The molecule has 2 heterocycles. The predicted molar refractivity (Wildman–Crippen MR) is 71.7 cm³/mol. The van der Waals surface area contributed by atoms with Crippen LogP contribution in [0.15, 0.2) is 43.0 Å². The number of aromatic nitrogens is 2.